The average Bonchev–Trinajstić information content (AvgIpc) is 3.03. The summed E-state index contributed by atoms with van der Waals surface area (Å²) in [6.45, 7) is -0.411. The number of nitrogens with one attached hydrogen (secondary N) is 2. The van der Waals surface area contributed by atoms with Crippen molar-refractivity contribution in [2.45, 2.75) is 6.18 Å². The molecule has 27 heavy (non-hydrogen) atoms. The van der Waals surface area contributed by atoms with Crippen molar-refractivity contribution in [3.63, 3.8) is 0 Å². The Morgan fingerprint density at radius 2 is 1.78 bits per heavy atom. The maximum Gasteiger partial charge on any atom is 0.471 e. The van der Waals surface area contributed by atoms with Gasteiger partial charge in [0.05, 0.1) is 6.54 Å². The first-order valence-corrected chi connectivity index (χ1v) is 7.52. The molecule has 0 bridgehead atoms. The van der Waals surface area contributed by atoms with Crippen molar-refractivity contribution >= 4 is 23.6 Å². The Labute approximate surface area is 151 Å². The minimum absolute atomic E-state index is 0.169. The van der Waals surface area contributed by atoms with Crippen molar-refractivity contribution in [1.29, 1.82) is 0 Å². The summed E-state index contributed by atoms with van der Waals surface area (Å²) in [4.78, 5) is 40.0. The van der Waals surface area contributed by atoms with Gasteiger partial charge in [0.25, 0.3) is 5.91 Å². The predicted octanol–water partition coefficient (Wildman–Crippen LogP) is 1.66. The van der Waals surface area contributed by atoms with Crippen LogP contribution in [0.1, 0.15) is 10.5 Å². The minimum atomic E-state index is -5.19. The van der Waals surface area contributed by atoms with Gasteiger partial charge in [-0.25, -0.2) is 4.98 Å². The van der Waals surface area contributed by atoms with Crippen molar-refractivity contribution in [3.8, 4) is 11.5 Å². The normalized spacial score (nSPS) is 11.0. The molecule has 2 N–H and O–H groups in total. The van der Waals surface area contributed by atoms with Crippen LogP contribution in [0.25, 0.3) is 11.5 Å². The molecule has 8 nitrogen and oxygen atoms in total. The maximum atomic E-state index is 12.5. The molecule has 0 aliphatic carbocycles. The molecule has 0 aliphatic heterocycles. The van der Waals surface area contributed by atoms with E-state index >= 15 is 0 Å². The summed E-state index contributed by atoms with van der Waals surface area (Å²) < 4.78 is 42.7. The molecule has 0 atom stereocenters. The number of benzene rings is 1. The molecule has 0 fully saturated rings. The molecule has 0 radical (unpaired) electrons. The molecule has 2 aromatic rings. The van der Waals surface area contributed by atoms with E-state index in [4.69, 9.17) is 4.42 Å². The number of anilines is 1. The Kier molecular flexibility index (Phi) is 5.83. The lowest BCUT2D eigenvalue weighted by atomic mass is 10.2. The van der Waals surface area contributed by atoms with Gasteiger partial charge in [0.1, 0.15) is 0 Å². The van der Waals surface area contributed by atoms with E-state index in [1.165, 1.54) is 24.3 Å². The predicted molar refractivity (Wildman–Crippen MR) is 87.7 cm³/mol. The zero-order chi connectivity index (χ0) is 20.2. The fourth-order valence-electron chi connectivity index (χ4n) is 1.83. The molecular formula is C16H15F3N4O4. The van der Waals surface area contributed by atoms with Crippen molar-refractivity contribution < 1.29 is 32.0 Å². The highest BCUT2D eigenvalue weighted by Crippen LogP contribution is 2.27. The van der Waals surface area contributed by atoms with Crippen molar-refractivity contribution in [3.05, 3.63) is 36.0 Å². The van der Waals surface area contributed by atoms with E-state index in [-0.39, 0.29) is 5.89 Å². The second-order valence-electron chi connectivity index (χ2n) is 5.49. The number of halogens is 3. The number of hydrogen-bond acceptors (Lipinski definition) is 5. The van der Waals surface area contributed by atoms with Gasteiger partial charge >= 0.3 is 12.1 Å². The van der Waals surface area contributed by atoms with Crippen molar-refractivity contribution in [2.75, 3.05) is 26.0 Å². The van der Waals surface area contributed by atoms with E-state index in [1.807, 2.05) is 0 Å². The molecule has 1 heterocycles. The van der Waals surface area contributed by atoms with Crippen LogP contribution in [0.4, 0.5) is 19.1 Å². The largest absolute Gasteiger partial charge is 0.471 e. The number of amides is 3. The summed E-state index contributed by atoms with van der Waals surface area (Å²) >= 11 is 0. The van der Waals surface area contributed by atoms with E-state index in [9.17, 15) is 27.6 Å². The van der Waals surface area contributed by atoms with E-state index in [2.05, 4.69) is 10.3 Å². The molecule has 2 rings (SSSR count). The fraction of sp³-hybridized carbons (Fsp3) is 0.250. The third-order valence-corrected chi connectivity index (χ3v) is 3.25. The Morgan fingerprint density at radius 1 is 1.15 bits per heavy atom. The van der Waals surface area contributed by atoms with Gasteiger partial charge in [0.15, 0.2) is 5.69 Å². The Balaban J connectivity index is 2.32. The summed E-state index contributed by atoms with van der Waals surface area (Å²) in [5.74, 6) is -4.69. The first-order chi connectivity index (χ1) is 12.6. The van der Waals surface area contributed by atoms with E-state index in [0.717, 1.165) is 0 Å². The van der Waals surface area contributed by atoms with Crippen molar-refractivity contribution in [2.24, 2.45) is 0 Å². The molecule has 144 valence electrons. The van der Waals surface area contributed by atoms with Gasteiger partial charge < -0.3 is 14.6 Å². The molecular weight excluding hydrogens is 369 g/mol. The molecule has 11 heteroatoms. The topological polar surface area (TPSA) is 105 Å². The molecule has 0 unspecified atom stereocenters. The van der Waals surface area contributed by atoms with Crippen LogP contribution in [0.5, 0.6) is 0 Å². The van der Waals surface area contributed by atoms with Gasteiger partial charge in [-0.15, -0.1) is 0 Å². The number of alkyl halides is 3. The van der Waals surface area contributed by atoms with E-state index < -0.39 is 42.0 Å². The SMILES string of the molecule is CN(C)C(=O)CNC(=O)c1nc(-c2ccccc2)oc1NC(=O)C(F)(F)F. The molecule has 1 aromatic carbocycles. The smallest absolute Gasteiger partial charge is 0.419 e. The third kappa shape index (κ3) is 5.06. The maximum absolute atomic E-state index is 12.5. The minimum Gasteiger partial charge on any atom is -0.419 e. The number of aromatic nitrogens is 1. The third-order valence-electron chi connectivity index (χ3n) is 3.25. The average molecular weight is 384 g/mol. The monoisotopic (exact) mass is 384 g/mol. The van der Waals surface area contributed by atoms with Crippen LogP contribution in [-0.4, -0.2) is 54.4 Å². The highest BCUT2D eigenvalue weighted by Gasteiger charge is 2.40. The van der Waals surface area contributed by atoms with Gasteiger partial charge in [-0.2, -0.15) is 13.2 Å². The molecule has 0 spiro atoms. The lowest BCUT2D eigenvalue weighted by molar-refractivity contribution is -0.167. The second-order valence-corrected chi connectivity index (χ2v) is 5.49. The Morgan fingerprint density at radius 3 is 2.33 bits per heavy atom. The van der Waals surface area contributed by atoms with Crippen molar-refractivity contribution in [1.82, 2.24) is 15.2 Å². The lowest BCUT2D eigenvalue weighted by Gasteiger charge is -2.10. The number of carbonyl (C=O) groups is 3. The van der Waals surface area contributed by atoms with Crippen LogP contribution in [0, 0.1) is 0 Å². The quantitative estimate of drug-likeness (QED) is 0.816. The first kappa shape index (κ1) is 19.9. The molecule has 0 saturated heterocycles. The van der Waals surface area contributed by atoms with Crippen LogP contribution < -0.4 is 10.6 Å². The van der Waals surface area contributed by atoms with Gasteiger partial charge in [-0.05, 0) is 12.1 Å². The highest BCUT2D eigenvalue weighted by atomic mass is 19.4. The summed E-state index contributed by atoms with van der Waals surface area (Å²) in [7, 11) is 2.93. The lowest BCUT2D eigenvalue weighted by Crippen LogP contribution is -2.37. The first-order valence-electron chi connectivity index (χ1n) is 7.52. The van der Waals surface area contributed by atoms with Gasteiger partial charge in [-0.1, -0.05) is 18.2 Å². The number of hydrogen-bond donors (Lipinski definition) is 2. The molecule has 3 amide bonds. The summed E-state index contributed by atoms with van der Waals surface area (Å²) in [6, 6.07) is 8.06. The van der Waals surface area contributed by atoms with Gasteiger partial charge in [0.2, 0.25) is 17.7 Å². The molecule has 0 aliphatic rings. The van der Waals surface area contributed by atoms with E-state index in [1.54, 1.807) is 30.3 Å². The van der Waals surface area contributed by atoms with Gasteiger partial charge in [0, 0.05) is 19.7 Å². The second kappa shape index (κ2) is 7.89. The Bertz CT molecular complexity index is 847. The number of rotatable bonds is 5. The molecule has 0 saturated carbocycles. The van der Waals surface area contributed by atoms with Crippen LogP contribution in [0.3, 0.4) is 0 Å². The number of likely N-dealkylation sites (N-methyl/N-ethyl adjacent to an activating group) is 1. The van der Waals surface area contributed by atoms with Crippen LogP contribution in [0.2, 0.25) is 0 Å². The summed E-state index contributed by atoms with van der Waals surface area (Å²) in [6.07, 6.45) is -5.19. The number of nitrogens with zero attached hydrogens (tertiary/aromatic N) is 2. The fourth-order valence-corrected chi connectivity index (χ4v) is 1.83. The van der Waals surface area contributed by atoms with Crippen LogP contribution in [0.15, 0.2) is 34.7 Å². The van der Waals surface area contributed by atoms with Crippen LogP contribution >= 0.6 is 0 Å². The van der Waals surface area contributed by atoms with Crippen LogP contribution in [-0.2, 0) is 9.59 Å². The number of carbonyl (C=O) groups excluding carboxylic acids is 3. The summed E-state index contributed by atoms with van der Waals surface area (Å²) in [5.41, 5.74) is -0.207. The van der Waals surface area contributed by atoms with Gasteiger partial charge in [-0.3, -0.25) is 19.7 Å². The number of oxazole rings is 1. The highest BCUT2D eigenvalue weighted by molar-refractivity contribution is 6.03. The Hall–Kier alpha value is -3.37. The zero-order valence-electron chi connectivity index (χ0n) is 14.3. The molecule has 1 aromatic heterocycles. The summed E-state index contributed by atoms with van der Waals surface area (Å²) in [5, 5.41) is 3.69. The zero-order valence-corrected chi connectivity index (χ0v) is 14.3. The van der Waals surface area contributed by atoms with E-state index in [0.29, 0.717) is 5.56 Å². The standard InChI is InChI=1S/C16H15F3N4O4/c1-23(2)10(24)8-20-12(25)11-14(22-15(26)16(17,18)19)27-13(21-11)9-6-4-3-5-7-9/h3-7H,8H2,1-2H3,(H,20,25)(H,22,26).